The van der Waals surface area contributed by atoms with Crippen molar-refractivity contribution in [1.29, 1.82) is 0 Å². The predicted molar refractivity (Wildman–Crippen MR) is 94.2 cm³/mol. The van der Waals surface area contributed by atoms with E-state index in [0.29, 0.717) is 31.0 Å². The fourth-order valence-electron chi connectivity index (χ4n) is 2.83. The number of piperidine rings is 1. The maximum atomic E-state index is 12.2. The molecule has 1 fully saturated rings. The normalized spacial score (nSPS) is 17.9. The van der Waals surface area contributed by atoms with Crippen molar-refractivity contribution in [3.05, 3.63) is 29.3 Å². The first-order valence-electron chi connectivity index (χ1n) is 8.60. The molecule has 1 aromatic carbocycles. The van der Waals surface area contributed by atoms with Crippen LogP contribution in [0.25, 0.3) is 0 Å². The Balaban J connectivity index is 1.92. The molecule has 0 radical (unpaired) electrons. The van der Waals surface area contributed by atoms with Crippen LogP contribution in [-0.4, -0.2) is 47.4 Å². The Hall–Kier alpha value is -2.24. The SMILES string of the molecule is Cc1ccc(OC[C@H]2CCCN(C(=O)OC(C)(C)C)C2)cc1C(=O)O. The van der Waals surface area contributed by atoms with Gasteiger partial charge >= 0.3 is 12.1 Å². The van der Waals surface area contributed by atoms with Crippen molar-refractivity contribution in [2.75, 3.05) is 19.7 Å². The van der Waals surface area contributed by atoms with Gasteiger partial charge < -0.3 is 19.5 Å². The molecule has 0 saturated carbocycles. The van der Waals surface area contributed by atoms with E-state index in [1.807, 2.05) is 20.8 Å². The topological polar surface area (TPSA) is 76.1 Å². The van der Waals surface area contributed by atoms with Crippen molar-refractivity contribution >= 4 is 12.1 Å². The van der Waals surface area contributed by atoms with Crippen LogP contribution in [0.4, 0.5) is 4.79 Å². The van der Waals surface area contributed by atoms with E-state index in [-0.39, 0.29) is 17.6 Å². The Bertz CT molecular complexity index is 635. The van der Waals surface area contributed by atoms with Crippen LogP contribution in [0.2, 0.25) is 0 Å². The van der Waals surface area contributed by atoms with Crippen LogP contribution in [0.15, 0.2) is 18.2 Å². The molecule has 0 unspecified atom stereocenters. The van der Waals surface area contributed by atoms with Gasteiger partial charge in [-0.1, -0.05) is 6.07 Å². The van der Waals surface area contributed by atoms with E-state index in [0.717, 1.165) is 12.8 Å². The first-order valence-corrected chi connectivity index (χ1v) is 8.60. The van der Waals surface area contributed by atoms with Gasteiger partial charge in [0.15, 0.2) is 0 Å². The maximum Gasteiger partial charge on any atom is 0.410 e. The number of nitrogens with zero attached hydrogens (tertiary/aromatic N) is 1. The summed E-state index contributed by atoms with van der Waals surface area (Å²) in [7, 11) is 0. The van der Waals surface area contributed by atoms with E-state index in [9.17, 15) is 14.7 Å². The monoisotopic (exact) mass is 349 g/mol. The van der Waals surface area contributed by atoms with Crippen molar-refractivity contribution < 1.29 is 24.2 Å². The fourth-order valence-corrected chi connectivity index (χ4v) is 2.83. The lowest BCUT2D eigenvalue weighted by Crippen LogP contribution is -2.44. The summed E-state index contributed by atoms with van der Waals surface area (Å²) >= 11 is 0. The second-order valence-corrected chi connectivity index (χ2v) is 7.53. The number of rotatable bonds is 4. The van der Waals surface area contributed by atoms with E-state index in [4.69, 9.17) is 9.47 Å². The van der Waals surface area contributed by atoms with Crippen LogP contribution in [0, 0.1) is 12.8 Å². The highest BCUT2D eigenvalue weighted by Gasteiger charge is 2.28. The van der Waals surface area contributed by atoms with Gasteiger partial charge in [-0.25, -0.2) is 9.59 Å². The van der Waals surface area contributed by atoms with Crippen LogP contribution in [0.5, 0.6) is 5.75 Å². The van der Waals surface area contributed by atoms with E-state index < -0.39 is 11.6 Å². The molecule has 6 heteroatoms. The zero-order valence-electron chi connectivity index (χ0n) is 15.4. The summed E-state index contributed by atoms with van der Waals surface area (Å²) in [6.45, 7) is 9.05. The number of benzene rings is 1. The molecule has 1 aromatic rings. The van der Waals surface area contributed by atoms with E-state index in [2.05, 4.69) is 0 Å². The van der Waals surface area contributed by atoms with Crippen molar-refractivity contribution in [2.45, 2.75) is 46.1 Å². The highest BCUT2D eigenvalue weighted by molar-refractivity contribution is 5.89. The summed E-state index contributed by atoms with van der Waals surface area (Å²) in [6, 6.07) is 5.06. The smallest absolute Gasteiger partial charge is 0.410 e. The molecule has 138 valence electrons. The van der Waals surface area contributed by atoms with Crippen molar-refractivity contribution in [1.82, 2.24) is 4.90 Å². The Kier molecular flexibility index (Phi) is 5.93. The molecule has 0 spiro atoms. The van der Waals surface area contributed by atoms with Crippen LogP contribution in [0.3, 0.4) is 0 Å². The van der Waals surface area contributed by atoms with Crippen molar-refractivity contribution in [2.24, 2.45) is 5.92 Å². The highest BCUT2D eigenvalue weighted by Crippen LogP contribution is 2.22. The number of hydrogen-bond donors (Lipinski definition) is 1. The van der Waals surface area contributed by atoms with Gasteiger partial charge in [0.05, 0.1) is 12.2 Å². The molecule has 1 heterocycles. The lowest BCUT2D eigenvalue weighted by atomic mass is 9.99. The Morgan fingerprint density at radius 1 is 1.32 bits per heavy atom. The number of aryl methyl sites for hydroxylation is 1. The van der Waals surface area contributed by atoms with Gasteiger partial charge in [0.2, 0.25) is 0 Å². The van der Waals surface area contributed by atoms with Gasteiger partial charge in [-0.3, -0.25) is 0 Å². The number of carbonyl (C=O) groups excluding carboxylic acids is 1. The minimum Gasteiger partial charge on any atom is -0.493 e. The Morgan fingerprint density at radius 2 is 2.04 bits per heavy atom. The van der Waals surface area contributed by atoms with Gasteiger partial charge in [0.25, 0.3) is 0 Å². The lowest BCUT2D eigenvalue weighted by molar-refractivity contribution is 0.0139. The van der Waals surface area contributed by atoms with Crippen molar-refractivity contribution in [3.63, 3.8) is 0 Å². The molecule has 0 aromatic heterocycles. The first kappa shape index (κ1) is 19.1. The summed E-state index contributed by atoms with van der Waals surface area (Å²) in [4.78, 5) is 25.1. The molecule has 0 bridgehead atoms. The van der Waals surface area contributed by atoms with Crippen molar-refractivity contribution in [3.8, 4) is 5.75 Å². The summed E-state index contributed by atoms with van der Waals surface area (Å²) < 4.78 is 11.2. The second kappa shape index (κ2) is 7.76. The summed E-state index contributed by atoms with van der Waals surface area (Å²) in [5.74, 6) is -0.218. The van der Waals surface area contributed by atoms with E-state index in [1.54, 1.807) is 30.0 Å². The minimum atomic E-state index is -0.961. The number of ether oxygens (including phenoxy) is 2. The lowest BCUT2D eigenvalue weighted by Gasteiger charge is -2.34. The quantitative estimate of drug-likeness (QED) is 0.896. The number of carboxylic acid groups (broad SMARTS) is 1. The second-order valence-electron chi connectivity index (χ2n) is 7.53. The molecule has 1 saturated heterocycles. The van der Waals surface area contributed by atoms with E-state index in [1.165, 1.54) is 0 Å². The molecule has 0 aliphatic carbocycles. The Labute approximate surface area is 148 Å². The number of amides is 1. The molecule has 1 amide bonds. The largest absolute Gasteiger partial charge is 0.493 e. The van der Waals surface area contributed by atoms with E-state index >= 15 is 0 Å². The number of carboxylic acids is 1. The number of likely N-dealkylation sites (tertiary alicyclic amines) is 1. The molecular weight excluding hydrogens is 322 g/mol. The maximum absolute atomic E-state index is 12.2. The van der Waals surface area contributed by atoms with Crippen LogP contribution >= 0.6 is 0 Å². The number of hydrogen-bond acceptors (Lipinski definition) is 4. The average Bonchev–Trinajstić information content (AvgIpc) is 2.52. The molecule has 6 nitrogen and oxygen atoms in total. The minimum absolute atomic E-state index is 0.204. The molecule has 1 aliphatic heterocycles. The van der Waals surface area contributed by atoms with Crippen LogP contribution in [-0.2, 0) is 4.74 Å². The summed E-state index contributed by atoms with van der Waals surface area (Å²) in [5, 5.41) is 9.18. The third-order valence-electron chi connectivity index (χ3n) is 4.10. The standard InChI is InChI=1S/C19H27NO5/c1-13-7-8-15(10-16(13)17(21)22)24-12-14-6-5-9-20(11-14)18(23)25-19(2,3)4/h7-8,10,14H,5-6,9,11-12H2,1-4H3,(H,21,22)/t14-/m0/s1. The van der Waals surface area contributed by atoms with Gasteiger partial charge in [-0.15, -0.1) is 0 Å². The van der Waals surface area contributed by atoms with Crippen LogP contribution in [0.1, 0.15) is 49.5 Å². The van der Waals surface area contributed by atoms with Gasteiger partial charge in [-0.2, -0.15) is 0 Å². The zero-order valence-corrected chi connectivity index (χ0v) is 15.4. The van der Waals surface area contributed by atoms with Crippen LogP contribution < -0.4 is 4.74 Å². The molecule has 25 heavy (non-hydrogen) atoms. The van der Waals surface area contributed by atoms with Gasteiger partial charge in [-0.05, 0) is 58.2 Å². The number of aromatic carboxylic acids is 1. The molecule has 1 N–H and O–H groups in total. The predicted octanol–water partition coefficient (Wildman–Crippen LogP) is 3.72. The first-order chi connectivity index (χ1) is 11.7. The Morgan fingerprint density at radius 3 is 2.68 bits per heavy atom. The third kappa shape index (κ3) is 5.66. The molecule has 1 aliphatic rings. The molecule has 2 rings (SSSR count). The summed E-state index contributed by atoms with van der Waals surface area (Å²) in [6.07, 6.45) is 1.58. The fraction of sp³-hybridized carbons (Fsp3) is 0.579. The number of carbonyl (C=O) groups is 2. The summed E-state index contributed by atoms with van der Waals surface area (Å²) in [5.41, 5.74) is 0.445. The average molecular weight is 349 g/mol. The molecular formula is C19H27NO5. The highest BCUT2D eigenvalue weighted by atomic mass is 16.6. The molecule has 1 atom stereocenters. The third-order valence-corrected chi connectivity index (χ3v) is 4.10. The van der Waals surface area contributed by atoms with Gasteiger partial charge in [0.1, 0.15) is 11.4 Å². The van der Waals surface area contributed by atoms with Gasteiger partial charge in [0, 0.05) is 19.0 Å². The zero-order chi connectivity index (χ0) is 18.6.